The van der Waals surface area contributed by atoms with Crippen molar-refractivity contribution >= 4 is 41.5 Å². The Hall–Kier alpha value is -0.520. The van der Waals surface area contributed by atoms with E-state index in [-0.39, 0.29) is 30.2 Å². The lowest BCUT2D eigenvalue weighted by Gasteiger charge is -2.27. The van der Waals surface area contributed by atoms with E-state index in [4.69, 9.17) is 23.2 Å². The fourth-order valence-corrected chi connectivity index (χ4v) is 3.49. The third kappa shape index (κ3) is 4.74. The number of piperazine rings is 1. The van der Waals surface area contributed by atoms with Crippen LogP contribution in [0.3, 0.4) is 0 Å². The van der Waals surface area contributed by atoms with Crippen LogP contribution in [0.2, 0.25) is 10.0 Å². The van der Waals surface area contributed by atoms with Gasteiger partial charge in [-0.3, -0.25) is 9.69 Å². The second kappa shape index (κ2) is 8.54. The predicted molar refractivity (Wildman–Crippen MR) is 96.9 cm³/mol. The highest BCUT2D eigenvalue weighted by atomic mass is 35.5. The monoisotopic (exact) mass is 377 g/mol. The summed E-state index contributed by atoms with van der Waals surface area (Å²) in [6.45, 7) is 5.81. The Bertz CT molecular complexity index is 549. The van der Waals surface area contributed by atoms with Crippen LogP contribution in [0.1, 0.15) is 17.9 Å². The minimum absolute atomic E-state index is 0. The highest BCUT2D eigenvalue weighted by Crippen LogP contribution is 2.50. The molecule has 1 aromatic rings. The molecule has 3 rings (SSSR count). The molecule has 2 unspecified atom stereocenters. The van der Waals surface area contributed by atoms with Gasteiger partial charge in [0.05, 0.1) is 10.0 Å². The molecule has 23 heavy (non-hydrogen) atoms. The summed E-state index contributed by atoms with van der Waals surface area (Å²) in [6, 6.07) is 5.63. The van der Waals surface area contributed by atoms with Crippen molar-refractivity contribution in [3.8, 4) is 0 Å². The predicted octanol–water partition coefficient (Wildman–Crippen LogP) is 2.54. The number of hydrogen-bond donors (Lipinski definition) is 2. The number of halogens is 3. The van der Waals surface area contributed by atoms with Crippen LogP contribution in [0.15, 0.2) is 18.2 Å². The minimum atomic E-state index is 0. The van der Waals surface area contributed by atoms with Gasteiger partial charge in [0, 0.05) is 45.2 Å². The number of amides is 1. The average molecular weight is 379 g/mol. The van der Waals surface area contributed by atoms with Crippen molar-refractivity contribution in [1.29, 1.82) is 0 Å². The Balaban J connectivity index is 0.00000192. The molecule has 1 amide bonds. The first-order chi connectivity index (χ1) is 10.7. The maximum absolute atomic E-state index is 12.2. The zero-order chi connectivity index (χ0) is 15.5. The third-order valence-corrected chi connectivity index (χ3v) is 5.28. The van der Waals surface area contributed by atoms with Crippen LogP contribution in [-0.2, 0) is 4.79 Å². The lowest BCUT2D eigenvalue weighted by atomic mass is 10.1. The lowest BCUT2D eigenvalue weighted by Crippen LogP contribution is -2.46. The molecule has 4 nitrogen and oxygen atoms in total. The first-order valence-electron chi connectivity index (χ1n) is 7.81. The Morgan fingerprint density at radius 1 is 1.30 bits per heavy atom. The second-order valence-corrected chi connectivity index (χ2v) is 6.76. The molecule has 0 aromatic heterocycles. The summed E-state index contributed by atoms with van der Waals surface area (Å²) in [4.78, 5) is 14.6. The Labute approximate surface area is 153 Å². The molecule has 1 heterocycles. The van der Waals surface area contributed by atoms with Gasteiger partial charge in [0.15, 0.2) is 0 Å². The topological polar surface area (TPSA) is 44.4 Å². The van der Waals surface area contributed by atoms with E-state index in [0.29, 0.717) is 16.6 Å². The van der Waals surface area contributed by atoms with Gasteiger partial charge in [-0.15, -0.1) is 12.4 Å². The van der Waals surface area contributed by atoms with Crippen LogP contribution in [0.5, 0.6) is 0 Å². The van der Waals surface area contributed by atoms with Gasteiger partial charge >= 0.3 is 0 Å². The molecule has 0 spiro atoms. The van der Waals surface area contributed by atoms with Gasteiger partial charge in [-0.1, -0.05) is 35.3 Å². The third-order valence-electron chi connectivity index (χ3n) is 4.45. The van der Waals surface area contributed by atoms with E-state index < -0.39 is 0 Å². The SMILES string of the molecule is Cl.O=C(NCCN1CCNCC1)C1CC1c1cccc(Cl)c1Cl. The molecule has 0 bridgehead atoms. The number of carbonyl (C=O) groups is 1. The van der Waals surface area contributed by atoms with Crippen molar-refractivity contribution in [2.75, 3.05) is 39.3 Å². The van der Waals surface area contributed by atoms with Crippen LogP contribution in [-0.4, -0.2) is 50.1 Å². The Morgan fingerprint density at radius 2 is 2.04 bits per heavy atom. The molecule has 2 atom stereocenters. The van der Waals surface area contributed by atoms with Crippen molar-refractivity contribution < 1.29 is 4.79 Å². The molecule has 7 heteroatoms. The van der Waals surface area contributed by atoms with Crippen molar-refractivity contribution in [1.82, 2.24) is 15.5 Å². The Morgan fingerprint density at radius 3 is 2.78 bits per heavy atom. The lowest BCUT2D eigenvalue weighted by molar-refractivity contribution is -0.122. The van der Waals surface area contributed by atoms with Crippen LogP contribution in [0.4, 0.5) is 0 Å². The second-order valence-electron chi connectivity index (χ2n) is 5.97. The number of nitrogens with one attached hydrogen (secondary N) is 2. The van der Waals surface area contributed by atoms with Crippen molar-refractivity contribution in [2.45, 2.75) is 12.3 Å². The molecular weight excluding hydrogens is 357 g/mol. The fraction of sp³-hybridized carbons (Fsp3) is 0.562. The summed E-state index contributed by atoms with van der Waals surface area (Å²) in [5.41, 5.74) is 0.997. The van der Waals surface area contributed by atoms with Crippen molar-refractivity contribution in [3.05, 3.63) is 33.8 Å². The molecule has 0 radical (unpaired) electrons. The van der Waals surface area contributed by atoms with Gasteiger partial charge in [-0.05, 0) is 24.0 Å². The zero-order valence-corrected chi connectivity index (χ0v) is 15.2. The van der Waals surface area contributed by atoms with Gasteiger partial charge < -0.3 is 10.6 Å². The largest absolute Gasteiger partial charge is 0.355 e. The molecule has 1 aliphatic heterocycles. The van der Waals surface area contributed by atoms with Gasteiger partial charge in [-0.2, -0.15) is 0 Å². The number of hydrogen-bond acceptors (Lipinski definition) is 3. The van der Waals surface area contributed by atoms with E-state index in [1.165, 1.54) is 0 Å². The fourth-order valence-electron chi connectivity index (χ4n) is 3.04. The summed E-state index contributed by atoms with van der Waals surface area (Å²) in [6.07, 6.45) is 0.861. The van der Waals surface area contributed by atoms with E-state index in [9.17, 15) is 4.79 Å². The average Bonchev–Trinajstić information content (AvgIpc) is 3.31. The molecule has 128 valence electrons. The van der Waals surface area contributed by atoms with E-state index in [0.717, 1.165) is 44.7 Å². The zero-order valence-electron chi connectivity index (χ0n) is 12.9. The van der Waals surface area contributed by atoms with Gasteiger partial charge in [0.1, 0.15) is 0 Å². The minimum Gasteiger partial charge on any atom is -0.355 e. The summed E-state index contributed by atoms with van der Waals surface area (Å²) in [5.74, 6) is 0.389. The van der Waals surface area contributed by atoms with Gasteiger partial charge in [0.25, 0.3) is 0 Å². The number of rotatable bonds is 5. The highest BCUT2D eigenvalue weighted by molar-refractivity contribution is 6.42. The van der Waals surface area contributed by atoms with Crippen LogP contribution in [0.25, 0.3) is 0 Å². The molecule has 2 aliphatic rings. The van der Waals surface area contributed by atoms with Crippen molar-refractivity contribution in [2.24, 2.45) is 5.92 Å². The van der Waals surface area contributed by atoms with Gasteiger partial charge in [0.2, 0.25) is 5.91 Å². The quantitative estimate of drug-likeness (QED) is 0.827. The molecular formula is C16H22Cl3N3O. The van der Waals surface area contributed by atoms with Crippen molar-refractivity contribution in [3.63, 3.8) is 0 Å². The number of benzene rings is 1. The molecule has 1 aromatic carbocycles. The van der Waals surface area contributed by atoms with E-state index in [1.54, 1.807) is 6.07 Å². The first-order valence-corrected chi connectivity index (χ1v) is 8.57. The van der Waals surface area contributed by atoms with E-state index >= 15 is 0 Å². The van der Waals surface area contributed by atoms with Crippen LogP contribution in [0, 0.1) is 5.92 Å². The van der Waals surface area contributed by atoms with E-state index in [1.807, 2.05) is 12.1 Å². The number of carbonyl (C=O) groups excluding carboxylic acids is 1. The van der Waals surface area contributed by atoms with Gasteiger partial charge in [-0.25, -0.2) is 0 Å². The number of nitrogens with zero attached hydrogens (tertiary/aromatic N) is 1. The molecule has 2 fully saturated rings. The van der Waals surface area contributed by atoms with E-state index in [2.05, 4.69) is 15.5 Å². The molecule has 2 N–H and O–H groups in total. The first kappa shape index (κ1) is 18.8. The maximum atomic E-state index is 12.2. The standard InChI is InChI=1S/C16H21Cl2N3O.ClH/c17-14-3-1-2-11(15(14)18)12-10-13(12)16(22)20-6-9-21-7-4-19-5-8-21;/h1-3,12-13,19H,4-10H2,(H,20,22);1H. The summed E-state index contributed by atoms with van der Waals surface area (Å²) >= 11 is 12.3. The summed E-state index contributed by atoms with van der Waals surface area (Å²) in [7, 11) is 0. The summed E-state index contributed by atoms with van der Waals surface area (Å²) < 4.78 is 0. The maximum Gasteiger partial charge on any atom is 0.223 e. The normalized spacial score (nSPS) is 23.9. The molecule has 1 saturated carbocycles. The highest BCUT2D eigenvalue weighted by Gasteiger charge is 2.44. The smallest absolute Gasteiger partial charge is 0.223 e. The van der Waals surface area contributed by atoms with Crippen LogP contribution >= 0.6 is 35.6 Å². The molecule has 1 saturated heterocycles. The Kier molecular flexibility index (Phi) is 6.99. The summed E-state index contributed by atoms with van der Waals surface area (Å²) in [5, 5.41) is 7.52. The van der Waals surface area contributed by atoms with Crippen LogP contribution < -0.4 is 10.6 Å². The molecule has 1 aliphatic carbocycles.